The molecule has 1 heterocycles. The van der Waals surface area contributed by atoms with Crippen LogP contribution in [0.2, 0.25) is 0 Å². The molecule has 1 atom stereocenters. The summed E-state index contributed by atoms with van der Waals surface area (Å²) in [5.41, 5.74) is 0.587. The largest absolute Gasteiger partial charge is 0.480 e. The number of hydrogen-bond donors (Lipinski definition) is 2. The Kier molecular flexibility index (Phi) is 6.14. The second-order valence-electron chi connectivity index (χ2n) is 5.53. The van der Waals surface area contributed by atoms with Crippen LogP contribution in [0.3, 0.4) is 0 Å². The fourth-order valence-electron chi connectivity index (χ4n) is 2.72. The fraction of sp³-hybridized carbons (Fsp3) is 0.562. The van der Waals surface area contributed by atoms with Crippen molar-refractivity contribution in [2.45, 2.75) is 31.7 Å². The third kappa shape index (κ3) is 5.10. The molecule has 1 aliphatic heterocycles. The van der Waals surface area contributed by atoms with Crippen LogP contribution in [0.25, 0.3) is 0 Å². The van der Waals surface area contributed by atoms with Gasteiger partial charge >= 0.3 is 5.97 Å². The molecule has 2 rings (SSSR count). The molecular weight excluding hydrogens is 271 g/mol. The Hall–Kier alpha value is -1.46. The number of carboxylic acid groups (broad SMARTS) is 1. The number of carboxylic acids is 1. The number of halogens is 1. The first-order valence-electron chi connectivity index (χ1n) is 7.61. The van der Waals surface area contributed by atoms with Crippen LogP contribution >= 0.6 is 0 Å². The number of benzene rings is 1. The minimum atomic E-state index is -0.929. The maximum atomic E-state index is 12.9. The highest BCUT2D eigenvalue weighted by Gasteiger charge is 2.18. The van der Waals surface area contributed by atoms with Crippen LogP contribution in [0.15, 0.2) is 24.3 Å². The Bertz CT molecular complexity index is 444. The lowest BCUT2D eigenvalue weighted by molar-refractivity contribution is -0.139. The molecule has 0 radical (unpaired) electrons. The van der Waals surface area contributed by atoms with E-state index in [0.717, 1.165) is 19.4 Å². The quantitative estimate of drug-likeness (QED) is 0.723. The van der Waals surface area contributed by atoms with Gasteiger partial charge in [-0.05, 0) is 69.6 Å². The Morgan fingerprint density at radius 2 is 1.90 bits per heavy atom. The maximum absolute atomic E-state index is 12.9. The van der Waals surface area contributed by atoms with Gasteiger partial charge in [-0.2, -0.15) is 0 Å². The molecule has 0 saturated carbocycles. The number of rotatable bonds is 8. The van der Waals surface area contributed by atoms with Gasteiger partial charge in [0, 0.05) is 0 Å². The van der Waals surface area contributed by atoms with Crippen molar-refractivity contribution in [2.75, 3.05) is 26.2 Å². The maximum Gasteiger partial charge on any atom is 0.325 e. The molecule has 1 aliphatic rings. The number of aliphatic carboxylic acids is 1. The standard InChI is InChI=1S/C16H23FN2O2/c17-14-7-5-13(6-8-14)15(16(20)21)18-9-1-2-10-19-11-3-4-12-19/h5-8,15,18H,1-4,9-12H2,(H,20,21). The lowest BCUT2D eigenvalue weighted by atomic mass is 10.1. The summed E-state index contributed by atoms with van der Waals surface area (Å²) >= 11 is 0. The van der Waals surface area contributed by atoms with Crippen LogP contribution in [0.1, 0.15) is 37.3 Å². The van der Waals surface area contributed by atoms with Gasteiger partial charge in [0.1, 0.15) is 11.9 Å². The van der Waals surface area contributed by atoms with E-state index in [1.54, 1.807) is 0 Å². The molecule has 1 saturated heterocycles. The Balaban J connectivity index is 1.72. The SMILES string of the molecule is O=C(O)C(NCCCCN1CCCC1)c1ccc(F)cc1. The lowest BCUT2D eigenvalue weighted by Gasteiger charge is -2.16. The van der Waals surface area contributed by atoms with Crippen LogP contribution < -0.4 is 5.32 Å². The van der Waals surface area contributed by atoms with Crippen LogP contribution in [0, 0.1) is 5.82 Å². The number of nitrogens with zero attached hydrogens (tertiary/aromatic N) is 1. The van der Waals surface area contributed by atoms with Crippen molar-refractivity contribution < 1.29 is 14.3 Å². The van der Waals surface area contributed by atoms with E-state index < -0.39 is 12.0 Å². The van der Waals surface area contributed by atoms with Crippen molar-refractivity contribution >= 4 is 5.97 Å². The highest BCUT2D eigenvalue weighted by molar-refractivity contribution is 5.75. The zero-order chi connectivity index (χ0) is 15.1. The summed E-state index contributed by atoms with van der Waals surface area (Å²) < 4.78 is 12.9. The summed E-state index contributed by atoms with van der Waals surface area (Å²) in [7, 11) is 0. The van der Waals surface area contributed by atoms with Gasteiger partial charge < -0.3 is 15.3 Å². The van der Waals surface area contributed by atoms with E-state index in [0.29, 0.717) is 12.1 Å². The number of hydrogen-bond acceptors (Lipinski definition) is 3. The molecule has 1 aromatic carbocycles. The van der Waals surface area contributed by atoms with Gasteiger partial charge in [-0.25, -0.2) is 4.39 Å². The summed E-state index contributed by atoms with van der Waals surface area (Å²) in [5.74, 6) is -1.28. The van der Waals surface area contributed by atoms with E-state index in [4.69, 9.17) is 0 Å². The summed E-state index contributed by atoms with van der Waals surface area (Å²) in [5, 5.41) is 12.3. The normalized spacial score (nSPS) is 17.0. The molecule has 5 heteroatoms. The third-order valence-electron chi connectivity index (χ3n) is 3.90. The molecule has 2 N–H and O–H groups in total. The van der Waals surface area contributed by atoms with E-state index in [2.05, 4.69) is 10.2 Å². The van der Waals surface area contributed by atoms with Gasteiger partial charge in [-0.1, -0.05) is 12.1 Å². The minimum Gasteiger partial charge on any atom is -0.480 e. The Morgan fingerprint density at radius 1 is 1.24 bits per heavy atom. The first-order chi connectivity index (χ1) is 10.2. The molecule has 0 spiro atoms. The summed E-state index contributed by atoms with van der Waals surface area (Å²) in [6.45, 7) is 4.14. The molecule has 1 unspecified atom stereocenters. The Morgan fingerprint density at radius 3 is 2.52 bits per heavy atom. The third-order valence-corrected chi connectivity index (χ3v) is 3.90. The second kappa shape index (κ2) is 8.10. The molecule has 1 fully saturated rings. The number of unbranched alkanes of at least 4 members (excludes halogenated alkanes) is 1. The van der Waals surface area contributed by atoms with Crippen LogP contribution in [-0.4, -0.2) is 42.2 Å². The first-order valence-corrected chi connectivity index (χ1v) is 7.61. The van der Waals surface area contributed by atoms with Gasteiger partial charge in [0.05, 0.1) is 0 Å². The highest BCUT2D eigenvalue weighted by atomic mass is 19.1. The van der Waals surface area contributed by atoms with Crippen molar-refractivity contribution in [3.8, 4) is 0 Å². The summed E-state index contributed by atoms with van der Waals surface area (Å²) in [6, 6.07) is 4.86. The predicted molar refractivity (Wildman–Crippen MR) is 79.7 cm³/mol. The van der Waals surface area contributed by atoms with Gasteiger partial charge in [-0.3, -0.25) is 4.79 Å². The summed E-state index contributed by atoms with van der Waals surface area (Å²) in [6.07, 6.45) is 4.61. The molecule has 0 aromatic heterocycles. The molecule has 0 amide bonds. The first kappa shape index (κ1) is 15.9. The van der Waals surface area contributed by atoms with Gasteiger partial charge in [0.2, 0.25) is 0 Å². The molecule has 21 heavy (non-hydrogen) atoms. The van der Waals surface area contributed by atoms with Crippen LogP contribution in [0.4, 0.5) is 4.39 Å². The number of likely N-dealkylation sites (tertiary alicyclic amines) is 1. The fourth-order valence-corrected chi connectivity index (χ4v) is 2.72. The van der Waals surface area contributed by atoms with Crippen molar-refractivity contribution in [2.24, 2.45) is 0 Å². The second-order valence-corrected chi connectivity index (χ2v) is 5.53. The Labute approximate surface area is 125 Å². The van der Waals surface area contributed by atoms with Gasteiger partial charge in [-0.15, -0.1) is 0 Å². The smallest absolute Gasteiger partial charge is 0.325 e. The van der Waals surface area contributed by atoms with E-state index in [-0.39, 0.29) is 5.82 Å². The number of carbonyl (C=O) groups is 1. The van der Waals surface area contributed by atoms with Crippen molar-refractivity contribution in [1.29, 1.82) is 0 Å². The lowest BCUT2D eigenvalue weighted by Crippen LogP contribution is -2.30. The molecule has 116 valence electrons. The zero-order valence-corrected chi connectivity index (χ0v) is 12.2. The van der Waals surface area contributed by atoms with Crippen molar-refractivity contribution in [3.05, 3.63) is 35.6 Å². The van der Waals surface area contributed by atoms with Gasteiger partial charge in [0.15, 0.2) is 0 Å². The molecule has 0 bridgehead atoms. The van der Waals surface area contributed by atoms with Crippen molar-refractivity contribution in [3.63, 3.8) is 0 Å². The van der Waals surface area contributed by atoms with E-state index in [1.165, 1.54) is 50.2 Å². The van der Waals surface area contributed by atoms with Crippen LogP contribution in [-0.2, 0) is 4.79 Å². The van der Waals surface area contributed by atoms with E-state index >= 15 is 0 Å². The van der Waals surface area contributed by atoms with E-state index in [1.807, 2.05) is 0 Å². The highest BCUT2D eigenvalue weighted by Crippen LogP contribution is 2.14. The molecular formula is C16H23FN2O2. The van der Waals surface area contributed by atoms with E-state index in [9.17, 15) is 14.3 Å². The minimum absolute atomic E-state index is 0.353. The van der Waals surface area contributed by atoms with Crippen molar-refractivity contribution in [1.82, 2.24) is 10.2 Å². The monoisotopic (exact) mass is 294 g/mol. The molecule has 0 aliphatic carbocycles. The average molecular weight is 294 g/mol. The number of nitrogens with one attached hydrogen (secondary N) is 1. The zero-order valence-electron chi connectivity index (χ0n) is 12.2. The topological polar surface area (TPSA) is 52.6 Å². The summed E-state index contributed by atoms with van der Waals surface area (Å²) in [4.78, 5) is 13.7. The predicted octanol–water partition coefficient (Wildman–Crippen LogP) is 2.42. The average Bonchev–Trinajstić information content (AvgIpc) is 2.97. The molecule has 4 nitrogen and oxygen atoms in total. The molecule has 1 aromatic rings. The van der Waals surface area contributed by atoms with Gasteiger partial charge in [0.25, 0.3) is 0 Å². The van der Waals surface area contributed by atoms with Crippen LogP contribution in [0.5, 0.6) is 0 Å².